The van der Waals surface area contributed by atoms with Gasteiger partial charge in [0, 0.05) is 38.8 Å². The van der Waals surface area contributed by atoms with Crippen LogP contribution in [0.5, 0.6) is 0 Å². The van der Waals surface area contributed by atoms with E-state index in [0.717, 1.165) is 45.1 Å². The number of hydrogen-bond donors (Lipinski definition) is 2. The van der Waals surface area contributed by atoms with Gasteiger partial charge in [0.15, 0.2) is 5.96 Å². The van der Waals surface area contributed by atoms with Crippen molar-refractivity contribution in [3.63, 3.8) is 0 Å². The Balaban J connectivity index is 1.97. The fraction of sp³-hybridized carbons (Fsp3) is 0.650. The van der Waals surface area contributed by atoms with Crippen LogP contribution in [0.1, 0.15) is 36.8 Å². The van der Waals surface area contributed by atoms with Gasteiger partial charge in [-0.3, -0.25) is 4.99 Å². The molecule has 1 fully saturated rings. The van der Waals surface area contributed by atoms with Crippen molar-refractivity contribution < 1.29 is 4.74 Å². The van der Waals surface area contributed by atoms with Crippen molar-refractivity contribution in [3.05, 3.63) is 35.4 Å². The van der Waals surface area contributed by atoms with Crippen molar-refractivity contribution in [2.24, 2.45) is 4.99 Å². The van der Waals surface area contributed by atoms with Crippen LogP contribution in [0.4, 0.5) is 0 Å². The minimum absolute atomic E-state index is 0.125. The van der Waals surface area contributed by atoms with Crippen LogP contribution in [0.3, 0.4) is 0 Å². The summed E-state index contributed by atoms with van der Waals surface area (Å²) < 4.78 is 5.65. The fourth-order valence-corrected chi connectivity index (χ4v) is 4.02. The van der Waals surface area contributed by atoms with Crippen LogP contribution >= 0.6 is 11.8 Å². The fourth-order valence-electron chi connectivity index (χ4n) is 3.52. The van der Waals surface area contributed by atoms with Gasteiger partial charge in [0.25, 0.3) is 0 Å². The Hall–Kier alpha value is -1.20. The molecule has 5 heteroatoms. The molecule has 0 aromatic heterocycles. The second-order valence-corrected chi connectivity index (χ2v) is 7.75. The average molecular weight is 364 g/mol. The summed E-state index contributed by atoms with van der Waals surface area (Å²) >= 11 is 1.91. The largest absolute Gasteiger partial charge is 0.381 e. The molecule has 1 saturated heterocycles. The molecule has 1 heterocycles. The van der Waals surface area contributed by atoms with Crippen molar-refractivity contribution in [3.8, 4) is 0 Å². The first-order valence-corrected chi connectivity index (χ1v) is 10.7. The zero-order valence-corrected chi connectivity index (χ0v) is 16.8. The summed E-state index contributed by atoms with van der Waals surface area (Å²) in [5.74, 6) is 2.13. The van der Waals surface area contributed by atoms with Crippen LogP contribution in [-0.4, -0.2) is 51.3 Å². The number of nitrogens with zero attached hydrogens (tertiary/aromatic N) is 1. The number of nitrogens with one attached hydrogen (secondary N) is 2. The van der Waals surface area contributed by atoms with Crippen molar-refractivity contribution in [1.82, 2.24) is 10.6 Å². The summed E-state index contributed by atoms with van der Waals surface area (Å²) in [6.45, 7) is 5.74. The summed E-state index contributed by atoms with van der Waals surface area (Å²) in [4.78, 5) is 4.40. The van der Waals surface area contributed by atoms with E-state index in [2.05, 4.69) is 53.1 Å². The van der Waals surface area contributed by atoms with E-state index >= 15 is 0 Å². The standard InChI is InChI=1S/C20H33N3OS/c1-17-8-4-5-9-18(17)20(10-13-24-14-11-20)16-23-19(21-2)22-12-6-7-15-25-3/h4-5,8-9H,6-7,10-16H2,1-3H3,(H2,21,22,23). The predicted molar refractivity (Wildman–Crippen MR) is 110 cm³/mol. The summed E-state index contributed by atoms with van der Waals surface area (Å²) in [6, 6.07) is 8.76. The third-order valence-electron chi connectivity index (χ3n) is 5.05. The van der Waals surface area contributed by atoms with Crippen molar-refractivity contribution in [2.75, 3.05) is 45.4 Å². The second-order valence-electron chi connectivity index (χ2n) is 6.76. The van der Waals surface area contributed by atoms with E-state index < -0.39 is 0 Å². The highest BCUT2D eigenvalue weighted by molar-refractivity contribution is 7.98. The third-order valence-corrected chi connectivity index (χ3v) is 5.75. The molecule has 0 unspecified atom stereocenters. The van der Waals surface area contributed by atoms with Crippen LogP contribution in [-0.2, 0) is 10.2 Å². The predicted octanol–water partition coefficient (Wildman–Crippen LogP) is 3.35. The number of thioether (sulfide) groups is 1. The first kappa shape index (κ1) is 20.1. The van der Waals surface area contributed by atoms with Crippen LogP contribution < -0.4 is 10.6 Å². The molecule has 4 nitrogen and oxygen atoms in total. The Labute approximate surface area is 157 Å². The van der Waals surface area contributed by atoms with Gasteiger partial charge in [-0.05, 0) is 55.7 Å². The number of aliphatic imine (C=N–C) groups is 1. The summed E-state index contributed by atoms with van der Waals surface area (Å²) in [5.41, 5.74) is 2.94. The lowest BCUT2D eigenvalue weighted by atomic mass is 9.72. The van der Waals surface area contributed by atoms with E-state index in [1.54, 1.807) is 0 Å². The molecule has 2 N–H and O–H groups in total. The Bertz CT molecular complexity index is 541. The van der Waals surface area contributed by atoms with E-state index in [1.807, 2.05) is 18.8 Å². The highest BCUT2D eigenvalue weighted by Crippen LogP contribution is 2.36. The Morgan fingerprint density at radius 2 is 1.96 bits per heavy atom. The monoisotopic (exact) mass is 363 g/mol. The van der Waals surface area contributed by atoms with Gasteiger partial charge < -0.3 is 15.4 Å². The number of ether oxygens (including phenoxy) is 1. The molecule has 1 aliphatic heterocycles. The maximum atomic E-state index is 5.65. The molecule has 140 valence electrons. The van der Waals surface area contributed by atoms with Crippen LogP contribution in [0.25, 0.3) is 0 Å². The van der Waals surface area contributed by atoms with Gasteiger partial charge in [0.1, 0.15) is 0 Å². The number of unbranched alkanes of at least 4 members (excludes halogenated alkanes) is 1. The number of rotatable bonds is 8. The molecule has 0 aliphatic carbocycles. The molecule has 1 aliphatic rings. The average Bonchev–Trinajstić information content (AvgIpc) is 2.65. The Morgan fingerprint density at radius 3 is 2.64 bits per heavy atom. The Morgan fingerprint density at radius 1 is 1.20 bits per heavy atom. The van der Waals surface area contributed by atoms with E-state index in [-0.39, 0.29) is 5.41 Å². The molecule has 2 rings (SSSR count). The topological polar surface area (TPSA) is 45.7 Å². The normalized spacial score (nSPS) is 17.3. The zero-order valence-electron chi connectivity index (χ0n) is 15.9. The maximum absolute atomic E-state index is 5.65. The van der Waals surface area contributed by atoms with E-state index in [0.29, 0.717) is 0 Å². The number of hydrogen-bond acceptors (Lipinski definition) is 3. The van der Waals surface area contributed by atoms with Gasteiger partial charge in [-0.15, -0.1) is 0 Å². The first-order valence-electron chi connectivity index (χ1n) is 9.29. The molecule has 0 amide bonds. The van der Waals surface area contributed by atoms with E-state index in [4.69, 9.17) is 4.74 Å². The molecule has 0 spiro atoms. The van der Waals surface area contributed by atoms with Crippen LogP contribution in [0.2, 0.25) is 0 Å². The number of benzene rings is 1. The molecule has 1 aromatic rings. The Kier molecular flexibility index (Phi) is 8.62. The van der Waals surface area contributed by atoms with E-state index in [1.165, 1.54) is 29.7 Å². The molecule has 0 saturated carbocycles. The highest BCUT2D eigenvalue weighted by atomic mass is 32.2. The summed E-state index contributed by atoms with van der Waals surface area (Å²) in [6.07, 6.45) is 6.69. The van der Waals surface area contributed by atoms with Crippen molar-refractivity contribution >= 4 is 17.7 Å². The van der Waals surface area contributed by atoms with Gasteiger partial charge in [0.05, 0.1) is 0 Å². The lowest BCUT2D eigenvalue weighted by molar-refractivity contribution is 0.0512. The van der Waals surface area contributed by atoms with Gasteiger partial charge in [-0.25, -0.2) is 0 Å². The van der Waals surface area contributed by atoms with Gasteiger partial charge >= 0.3 is 0 Å². The van der Waals surface area contributed by atoms with Crippen LogP contribution in [0.15, 0.2) is 29.3 Å². The summed E-state index contributed by atoms with van der Waals surface area (Å²) in [7, 11) is 1.85. The molecule has 0 radical (unpaired) electrons. The quantitative estimate of drug-likeness (QED) is 0.422. The summed E-state index contributed by atoms with van der Waals surface area (Å²) in [5, 5.41) is 7.02. The molecular formula is C20H33N3OS. The molecular weight excluding hydrogens is 330 g/mol. The molecule has 1 aromatic carbocycles. The minimum Gasteiger partial charge on any atom is -0.381 e. The third kappa shape index (κ3) is 5.93. The SMILES string of the molecule is CN=C(NCCCCSC)NCC1(c2ccccc2C)CCOCC1. The van der Waals surface area contributed by atoms with Crippen LogP contribution in [0, 0.1) is 6.92 Å². The lowest BCUT2D eigenvalue weighted by Gasteiger charge is -2.39. The molecule has 0 bridgehead atoms. The first-order chi connectivity index (χ1) is 12.2. The van der Waals surface area contributed by atoms with Gasteiger partial charge in [-0.1, -0.05) is 24.3 Å². The molecule has 0 atom stereocenters. The van der Waals surface area contributed by atoms with Crippen molar-refractivity contribution in [1.29, 1.82) is 0 Å². The number of aryl methyl sites for hydroxylation is 1. The second kappa shape index (κ2) is 10.7. The minimum atomic E-state index is 0.125. The molecule has 25 heavy (non-hydrogen) atoms. The van der Waals surface area contributed by atoms with E-state index in [9.17, 15) is 0 Å². The highest BCUT2D eigenvalue weighted by Gasteiger charge is 2.35. The lowest BCUT2D eigenvalue weighted by Crippen LogP contribution is -2.48. The van der Waals surface area contributed by atoms with Gasteiger partial charge in [0.2, 0.25) is 0 Å². The maximum Gasteiger partial charge on any atom is 0.191 e. The number of guanidine groups is 1. The van der Waals surface area contributed by atoms with Crippen molar-refractivity contribution in [2.45, 2.75) is 38.0 Å². The zero-order chi connectivity index (χ0) is 18.0. The smallest absolute Gasteiger partial charge is 0.191 e. The van der Waals surface area contributed by atoms with Gasteiger partial charge in [-0.2, -0.15) is 11.8 Å².